The molecule has 1 aromatic heterocycles. The molecule has 0 radical (unpaired) electrons. The van der Waals surface area contributed by atoms with Crippen molar-refractivity contribution < 1.29 is 13.2 Å². The zero-order valence-corrected chi connectivity index (χ0v) is 9.20. The van der Waals surface area contributed by atoms with Gasteiger partial charge in [0.15, 0.2) is 0 Å². The summed E-state index contributed by atoms with van der Waals surface area (Å²) in [5.74, 6) is 0. The van der Waals surface area contributed by atoms with Crippen LogP contribution in [0.5, 0.6) is 0 Å². The summed E-state index contributed by atoms with van der Waals surface area (Å²) in [5, 5.41) is 2.66. The average molecular weight is 253 g/mol. The van der Waals surface area contributed by atoms with Crippen molar-refractivity contribution in [2.75, 3.05) is 11.1 Å². The van der Waals surface area contributed by atoms with E-state index in [1.165, 1.54) is 36.7 Å². The molecule has 0 amide bonds. The van der Waals surface area contributed by atoms with Gasteiger partial charge in [-0.25, -0.2) is 0 Å². The number of alkyl halides is 3. The summed E-state index contributed by atoms with van der Waals surface area (Å²) in [7, 11) is 0. The number of halogens is 3. The molecule has 2 rings (SSSR count). The summed E-state index contributed by atoms with van der Waals surface area (Å²) >= 11 is 0. The van der Waals surface area contributed by atoms with E-state index < -0.39 is 11.7 Å². The highest BCUT2D eigenvalue weighted by Gasteiger charge is 2.33. The number of hydrogen-bond acceptors (Lipinski definition) is 3. The lowest BCUT2D eigenvalue weighted by Crippen LogP contribution is -2.09. The van der Waals surface area contributed by atoms with E-state index in [2.05, 4.69) is 10.3 Å². The van der Waals surface area contributed by atoms with Gasteiger partial charge in [-0.1, -0.05) is 12.1 Å². The molecule has 6 heteroatoms. The van der Waals surface area contributed by atoms with Crippen LogP contribution in [0.15, 0.2) is 42.7 Å². The van der Waals surface area contributed by atoms with E-state index in [0.29, 0.717) is 5.69 Å². The number of anilines is 3. The number of nitrogens with one attached hydrogen (secondary N) is 1. The lowest BCUT2D eigenvalue weighted by molar-refractivity contribution is -0.136. The highest BCUT2D eigenvalue weighted by molar-refractivity contribution is 5.73. The molecular formula is C12H10F3N3. The van der Waals surface area contributed by atoms with Crippen molar-refractivity contribution in [3.05, 3.63) is 48.3 Å². The molecule has 0 atom stereocenters. The van der Waals surface area contributed by atoms with Crippen LogP contribution in [0.1, 0.15) is 5.56 Å². The first-order chi connectivity index (χ1) is 8.48. The van der Waals surface area contributed by atoms with Crippen molar-refractivity contribution in [2.24, 2.45) is 0 Å². The monoisotopic (exact) mass is 253 g/mol. The van der Waals surface area contributed by atoms with Gasteiger partial charge in [0.1, 0.15) is 0 Å². The molecular weight excluding hydrogens is 243 g/mol. The predicted octanol–water partition coefficient (Wildman–Crippen LogP) is 3.43. The van der Waals surface area contributed by atoms with E-state index in [0.717, 1.165) is 6.07 Å². The van der Waals surface area contributed by atoms with Crippen LogP contribution in [0.2, 0.25) is 0 Å². The number of aromatic nitrogens is 1. The van der Waals surface area contributed by atoms with Crippen LogP contribution >= 0.6 is 0 Å². The highest BCUT2D eigenvalue weighted by atomic mass is 19.4. The predicted molar refractivity (Wildman–Crippen MR) is 63.4 cm³/mol. The van der Waals surface area contributed by atoms with Crippen molar-refractivity contribution in [1.29, 1.82) is 0 Å². The Labute approximate surface area is 101 Å². The fourth-order valence-electron chi connectivity index (χ4n) is 1.50. The van der Waals surface area contributed by atoms with Gasteiger partial charge >= 0.3 is 6.18 Å². The minimum Gasteiger partial charge on any atom is -0.396 e. The number of nitrogens with zero attached hydrogens (tertiary/aromatic N) is 1. The molecule has 0 spiro atoms. The molecule has 2 aromatic rings. The third-order valence-corrected chi connectivity index (χ3v) is 2.35. The van der Waals surface area contributed by atoms with E-state index >= 15 is 0 Å². The minimum absolute atomic E-state index is 0.0390. The molecule has 0 saturated carbocycles. The third kappa shape index (κ3) is 2.53. The standard InChI is InChI=1S/C12H10F3N3/c13-12(14,15)8-3-1-2-4-10(8)18-11-5-6-17-7-9(11)16/h1-7H,16H2,(H,17,18). The third-order valence-electron chi connectivity index (χ3n) is 2.35. The van der Waals surface area contributed by atoms with Gasteiger partial charge in [0.05, 0.1) is 28.8 Å². The lowest BCUT2D eigenvalue weighted by atomic mass is 10.1. The number of benzene rings is 1. The Bertz CT molecular complexity index is 552. The largest absolute Gasteiger partial charge is 0.418 e. The molecule has 1 heterocycles. The molecule has 0 fully saturated rings. The smallest absolute Gasteiger partial charge is 0.396 e. The van der Waals surface area contributed by atoms with Crippen molar-refractivity contribution in [2.45, 2.75) is 6.18 Å². The SMILES string of the molecule is Nc1cnccc1Nc1ccccc1C(F)(F)F. The van der Waals surface area contributed by atoms with Crippen LogP contribution < -0.4 is 11.1 Å². The molecule has 0 aliphatic rings. The Kier molecular flexibility index (Phi) is 3.10. The Morgan fingerprint density at radius 3 is 2.44 bits per heavy atom. The summed E-state index contributed by atoms with van der Waals surface area (Å²) in [6, 6.07) is 6.74. The highest BCUT2D eigenvalue weighted by Crippen LogP contribution is 2.36. The lowest BCUT2D eigenvalue weighted by Gasteiger charge is -2.15. The van der Waals surface area contributed by atoms with E-state index in [4.69, 9.17) is 5.73 Å². The molecule has 0 bridgehead atoms. The van der Waals surface area contributed by atoms with Gasteiger partial charge < -0.3 is 11.1 Å². The van der Waals surface area contributed by atoms with Crippen LogP contribution in [0.25, 0.3) is 0 Å². The zero-order chi connectivity index (χ0) is 13.2. The van der Waals surface area contributed by atoms with Crippen LogP contribution in [0.3, 0.4) is 0 Å². The first kappa shape index (κ1) is 12.2. The van der Waals surface area contributed by atoms with Crippen LogP contribution in [-0.2, 0) is 6.18 Å². The first-order valence-corrected chi connectivity index (χ1v) is 5.11. The van der Waals surface area contributed by atoms with Crippen LogP contribution in [0, 0.1) is 0 Å². The Balaban J connectivity index is 2.39. The molecule has 0 aliphatic heterocycles. The second-order valence-electron chi connectivity index (χ2n) is 3.63. The molecule has 3 N–H and O–H groups in total. The Morgan fingerprint density at radius 2 is 1.78 bits per heavy atom. The first-order valence-electron chi connectivity index (χ1n) is 5.11. The number of nitrogen functional groups attached to an aromatic ring is 1. The second-order valence-corrected chi connectivity index (χ2v) is 3.63. The number of para-hydroxylation sites is 1. The van der Waals surface area contributed by atoms with Gasteiger partial charge in [-0.15, -0.1) is 0 Å². The van der Waals surface area contributed by atoms with Crippen molar-refractivity contribution in [3.63, 3.8) is 0 Å². The zero-order valence-electron chi connectivity index (χ0n) is 9.20. The molecule has 94 valence electrons. The maximum atomic E-state index is 12.8. The van der Waals surface area contributed by atoms with Gasteiger partial charge in [0, 0.05) is 6.20 Å². The summed E-state index contributed by atoms with van der Waals surface area (Å²) in [6.07, 6.45) is -1.58. The van der Waals surface area contributed by atoms with E-state index in [9.17, 15) is 13.2 Å². The fraction of sp³-hybridized carbons (Fsp3) is 0.0833. The van der Waals surface area contributed by atoms with Gasteiger partial charge in [-0.2, -0.15) is 13.2 Å². The van der Waals surface area contributed by atoms with Crippen molar-refractivity contribution >= 4 is 17.1 Å². The van der Waals surface area contributed by atoms with E-state index in [-0.39, 0.29) is 11.4 Å². The average Bonchev–Trinajstić information content (AvgIpc) is 2.31. The summed E-state index contributed by atoms with van der Waals surface area (Å²) < 4.78 is 38.3. The molecule has 18 heavy (non-hydrogen) atoms. The number of rotatable bonds is 2. The summed E-state index contributed by atoms with van der Waals surface area (Å²) in [4.78, 5) is 3.77. The topological polar surface area (TPSA) is 50.9 Å². The van der Waals surface area contributed by atoms with Gasteiger partial charge in [0.2, 0.25) is 0 Å². The van der Waals surface area contributed by atoms with Crippen molar-refractivity contribution in [3.8, 4) is 0 Å². The molecule has 3 nitrogen and oxygen atoms in total. The minimum atomic E-state index is -4.41. The molecule has 1 aromatic carbocycles. The fourth-order valence-corrected chi connectivity index (χ4v) is 1.50. The van der Waals surface area contributed by atoms with Crippen LogP contribution in [0.4, 0.5) is 30.2 Å². The summed E-state index contributed by atoms with van der Waals surface area (Å²) in [5.41, 5.74) is 5.52. The van der Waals surface area contributed by atoms with E-state index in [1.807, 2.05) is 0 Å². The van der Waals surface area contributed by atoms with Crippen LogP contribution in [-0.4, -0.2) is 4.98 Å². The number of pyridine rings is 1. The quantitative estimate of drug-likeness (QED) is 0.862. The second kappa shape index (κ2) is 4.56. The van der Waals surface area contributed by atoms with Crippen molar-refractivity contribution in [1.82, 2.24) is 4.98 Å². The molecule has 0 unspecified atom stereocenters. The maximum Gasteiger partial charge on any atom is 0.418 e. The summed E-state index contributed by atoms with van der Waals surface area (Å²) in [6.45, 7) is 0. The number of hydrogen-bond donors (Lipinski definition) is 2. The maximum absolute atomic E-state index is 12.8. The number of nitrogens with two attached hydrogens (primary N) is 1. The van der Waals surface area contributed by atoms with Gasteiger partial charge in [-0.3, -0.25) is 4.98 Å². The normalized spacial score (nSPS) is 11.3. The van der Waals surface area contributed by atoms with E-state index in [1.54, 1.807) is 0 Å². The Morgan fingerprint density at radius 1 is 1.06 bits per heavy atom. The molecule has 0 aliphatic carbocycles. The van der Waals surface area contributed by atoms with Gasteiger partial charge in [0.25, 0.3) is 0 Å². The Hall–Kier alpha value is -2.24. The van der Waals surface area contributed by atoms with Gasteiger partial charge in [-0.05, 0) is 18.2 Å². The molecule has 0 saturated heterocycles.